The van der Waals surface area contributed by atoms with Gasteiger partial charge in [-0.05, 0) is 45.2 Å². The Bertz CT molecular complexity index is 943. The van der Waals surface area contributed by atoms with Crippen LogP contribution in [0.5, 0.6) is 5.75 Å². The molecule has 0 saturated heterocycles. The summed E-state index contributed by atoms with van der Waals surface area (Å²) in [7, 11) is 0. The van der Waals surface area contributed by atoms with Crippen LogP contribution in [0.3, 0.4) is 0 Å². The first-order valence-corrected chi connectivity index (χ1v) is 9.45. The summed E-state index contributed by atoms with van der Waals surface area (Å²) in [4.78, 5) is 12.2. The van der Waals surface area contributed by atoms with Gasteiger partial charge in [0, 0.05) is 11.6 Å². The summed E-state index contributed by atoms with van der Waals surface area (Å²) < 4.78 is 50.5. The van der Waals surface area contributed by atoms with Crippen molar-refractivity contribution in [3.8, 4) is 5.75 Å². The van der Waals surface area contributed by atoms with E-state index in [1.165, 1.54) is 26.0 Å². The van der Waals surface area contributed by atoms with Gasteiger partial charge in [-0.1, -0.05) is 11.6 Å². The van der Waals surface area contributed by atoms with Crippen molar-refractivity contribution in [2.24, 2.45) is 0 Å². The zero-order valence-electron chi connectivity index (χ0n) is 15.8. The summed E-state index contributed by atoms with van der Waals surface area (Å²) in [6, 6.07) is 3.94. The SMILES string of the molecule is CC(C)(c1nnc(C23CC(NC(=O)COc4ccc(Cl)c(F)c4)(C2)C3)o1)C(F)F. The number of nitrogens with one attached hydrogen (secondary N) is 1. The van der Waals surface area contributed by atoms with E-state index in [0.29, 0.717) is 25.2 Å². The van der Waals surface area contributed by atoms with Crippen LogP contribution in [-0.2, 0) is 15.6 Å². The Kier molecular flexibility index (Phi) is 4.56. The molecule has 3 fully saturated rings. The fourth-order valence-corrected chi connectivity index (χ4v) is 4.10. The number of rotatable bonds is 7. The minimum atomic E-state index is -2.62. The van der Waals surface area contributed by atoms with Gasteiger partial charge in [-0.15, -0.1) is 10.2 Å². The molecule has 0 aliphatic heterocycles. The molecule has 0 spiro atoms. The predicted molar refractivity (Wildman–Crippen MR) is 96.6 cm³/mol. The summed E-state index contributed by atoms with van der Waals surface area (Å²) in [6.45, 7) is 2.44. The van der Waals surface area contributed by atoms with E-state index < -0.39 is 17.7 Å². The number of carbonyl (C=O) groups excluding carboxylic acids is 1. The van der Waals surface area contributed by atoms with Crippen LogP contribution in [0.25, 0.3) is 0 Å². The number of ether oxygens (including phenoxy) is 1. The molecule has 1 aromatic heterocycles. The molecule has 2 aromatic rings. The third-order valence-electron chi connectivity index (χ3n) is 5.67. The summed E-state index contributed by atoms with van der Waals surface area (Å²) in [5.41, 5.74) is -2.26. The topological polar surface area (TPSA) is 77.2 Å². The van der Waals surface area contributed by atoms with Crippen molar-refractivity contribution >= 4 is 17.5 Å². The minimum Gasteiger partial charge on any atom is -0.484 e. The normalized spacial score (nSPS) is 25.3. The summed E-state index contributed by atoms with van der Waals surface area (Å²) in [6.07, 6.45) is -0.836. The van der Waals surface area contributed by atoms with Crippen LogP contribution in [-0.4, -0.2) is 34.7 Å². The maximum atomic E-state index is 13.4. The standard InChI is InChI=1S/C19H19ClF3N3O3/c1-17(2,14(22)23)15-25-26-16(29-15)18-7-19(8-18,9-18)24-13(27)6-28-10-3-4-11(20)12(21)5-10/h3-5,14H,6-9H2,1-2H3,(H,24,27). The molecule has 1 amide bonds. The second-order valence-electron chi connectivity index (χ2n) is 8.44. The molecule has 3 aliphatic carbocycles. The second-order valence-corrected chi connectivity index (χ2v) is 8.85. The molecule has 10 heteroatoms. The van der Waals surface area contributed by atoms with E-state index in [9.17, 15) is 18.0 Å². The monoisotopic (exact) mass is 429 g/mol. The Morgan fingerprint density at radius 1 is 1.34 bits per heavy atom. The first kappa shape index (κ1) is 20.0. The highest BCUT2D eigenvalue weighted by atomic mass is 35.5. The zero-order valence-corrected chi connectivity index (χ0v) is 16.5. The van der Waals surface area contributed by atoms with E-state index >= 15 is 0 Å². The molecule has 3 aliphatic rings. The van der Waals surface area contributed by atoms with Crippen molar-refractivity contribution in [3.63, 3.8) is 0 Å². The lowest BCUT2D eigenvalue weighted by molar-refractivity contribution is -0.143. The molecule has 0 atom stereocenters. The second kappa shape index (κ2) is 6.62. The van der Waals surface area contributed by atoms with Crippen LogP contribution < -0.4 is 10.1 Å². The van der Waals surface area contributed by atoms with Crippen molar-refractivity contribution in [1.29, 1.82) is 0 Å². The molecule has 6 nitrogen and oxygen atoms in total. The van der Waals surface area contributed by atoms with Crippen molar-refractivity contribution in [3.05, 3.63) is 40.8 Å². The number of carbonyl (C=O) groups is 1. The van der Waals surface area contributed by atoms with Gasteiger partial charge in [0.05, 0.1) is 10.4 Å². The number of hydrogen-bond acceptors (Lipinski definition) is 5. The van der Waals surface area contributed by atoms with Gasteiger partial charge in [0.25, 0.3) is 12.3 Å². The van der Waals surface area contributed by atoms with Gasteiger partial charge in [0.1, 0.15) is 17.0 Å². The predicted octanol–water partition coefficient (Wildman–Crippen LogP) is 3.77. The highest BCUT2D eigenvalue weighted by Crippen LogP contribution is 2.67. The van der Waals surface area contributed by atoms with Gasteiger partial charge in [0.15, 0.2) is 6.61 Å². The van der Waals surface area contributed by atoms with Crippen molar-refractivity contribution in [2.45, 2.75) is 55.9 Å². The molecule has 2 bridgehead atoms. The fraction of sp³-hybridized carbons (Fsp3) is 0.526. The molecule has 1 aromatic carbocycles. The van der Waals surface area contributed by atoms with Crippen LogP contribution in [0.2, 0.25) is 5.02 Å². The van der Waals surface area contributed by atoms with Crippen molar-refractivity contribution < 1.29 is 27.1 Å². The Hall–Kier alpha value is -2.29. The van der Waals surface area contributed by atoms with Gasteiger partial charge < -0.3 is 14.5 Å². The largest absolute Gasteiger partial charge is 0.484 e. The maximum Gasteiger partial charge on any atom is 0.258 e. The molecule has 156 valence electrons. The number of alkyl halides is 2. The zero-order chi connectivity index (χ0) is 21.0. The number of benzene rings is 1. The van der Waals surface area contributed by atoms with E-state index in [2.05, 4.69) is 15.5 Å². The van der Waals surface area contributed by atoms with Gasteiger partial charge in [-0.25, -0.2) is 13.2 Å². The smallest absolute Gasteiger partial charge is 0.258 e. The molecular weight excluding hydrogens is 411 g/mol. The van der Waals surface area contributed by atoms with Crippen molar-refractivity contribution in [2.75, 3.05) is 6.61 Å². The molecule has 3 saturated carbocycles. The van der Waals surface area contributed by atoms with E-state index in [0.717, 1.165) is 6.07 Å². The number of nitrogens with zero attached hydrogens (tertiary/aromatic N) is 2. The Morgan fingerprint density at radius 2 is 2.03 bits per heavy atom. The van der Waals surface area contributed by atoms with Gasteiger partial charge >= 0.3 is 0 Å². The number of hydrogen-bond donors (Lipinski definition) is 1. The molecule has 29 heavy (non-hydrogen) atoms. The molecule has 0 unspecified atom stereocenters. The quantitative estimate of drug-likeness (QED) is 0.725. The fourth-order valence-electron chi connectivity index (χ4n) is 3.99. The number of halogens is 4. The summed E-state index contributed by atoms with van der Waals surface area (Å²) >= 11 is 5.60. The van der Waals surface area contributed by atoms with E-state index in [1.807, 2.05) is 0 Å². The first-order chi connectivity index (χ1) is 13.6. The van der Waals surface area contributed by atoms with Gasteiger partial charge in [0.2, 0.25) is 11.8 Å². The van der Waals surface area contributed by atoms with E-state index in [-0.39, 0.29) is 40.1 Å². The Morgan fingerprint density at radius 3 is 2.66 bits per heavy atom. The van der Waals surface area contributed by atoms with Crippen molar-refractivity contribution in [1.82, 2.24) is 15.5 Å². The lowest BCUT2D eigenvalue weighted by Crippen LogP contribution is -2.77. The van der Waals surface area contributed by atoms with Crippen LogP contribution in [0.4, 0.5) is 13.2 Å². The minimum absolute atomic E-state index is 0.0258. The molecule has 0 radical (unpaired) electrons. The van der Waals surface area contributed by atoms with Crippen LogP contribution in [0.1, 0.15) is 44.9 Å². The highest BCUT2D eigenvalue weighted by molar-refractivity contribution is 6.30. The summed E-state index contributed by atoms with van der Waals surface area (Å²) in [5.74, 6) is -0.506. The molecule has 1 heterocycles. The lowest BCUT2D eigenvalue weighted by Gasteiger charge is -2.68. The third kappa shape index (κ3) is 3.35. The number of amides is 1. The Balaban J connectivity index is 1.30. The van der Waals surface area contributed by atoms with E-state index in [1.54, 1.807) is 0 Å². The van der Waals surface area contributed by atoms with Crippen LogP contribution >= 0.6 is 11.6 Å². The average Bonchev–Trinajstić information content (AvgIpc) is 3.08. The lowest BCUT2D eigenvalue weighted by atomic mass is 9.39. The first-order valence-electron chi connectivity index (χ1n) is 9.07. The maximum absolute atomic E-state index is 13.4. The Labute approximate surface area is 169 Å². The van der Waals surface area contributed by atoms with Gasteiger partial charge in [-0.3, -0.25) is 4.79 Å². The average molecular weight is 430 g/mol. The number of aromatic nitrogens is 2. The molecular formula is C19H19ClF3N3O3. The van der Waals surface area contributed by atoms with E-state index in [4.69, 9.17) is 20.8 Å². The van der Waals surface area contributed by atoms with Gasteiger partial charge in [-0.2, -0.15) is 0 Å². The summed E-state index contributed by atoms with van der Waals surface area (Å²) in [5, 5.41) is 10.6. The third-order valence-corrected chi connectivity index (χ3v) is 5.98. The van der Waals surface area contributed by atoms with Crippen LogP contribution in [0.15, 0.2) is 22.6 Å². The molecule has 1 N–H and O–H groups in total. The highest BCUT2D eigenvalue weighted by Gasteiger charge is 2.72. The molecule has 5 rings (SSSR count). The van der Waals surface area contributed by atoms with Crippen LogP contribution in [0, 0.1) is 5.82 Å².